The number of nitrogens with one attached hydrogen (secondary N) is 1. The molecule has 0 atom stereocenters. The van der Waals surface area contributed by atoms with Crippen molar-refractivity contribution in [2.75, 3.05) is 31.6 Å². The zero-order valence-corrected chi connectivity index (χ0v) is 18.2. The van der Waals surface area contributed by atoms with Gasteiger partial charge < -0.3 is 14.8 Å². The summed E-state index contributed by atoms with van der Waals surface area (Å²) in [5.74, 6) is 0.712. The first-order valence-corrected chi connectivity index (χ1v) is 11.7. The van der Waals surface area contributed by atoms with Gasteiger partial charge in [-0.2, -0.15) is 4.31 Å². The Hall–Kier alpha value is -2.58. The van der Waals surface area contributed by atoms with Gasteiger partial charge >= 0.3 is 0 Å². The van der Waals surface area contributed by atoms with Crippen LogP contribution in [0.25, 0.3) is 0 Å². The van der Waals surface area contributed by atoms with Gasteiger partial charge in [-0.05, 0) is 57.0 Å². The quantitative estimate of drug-likeness (QED) is 0.684. The minimum absolute atomic E-state index is 0.130. The first-order valence-electron chi connectivity index (χ1n) is 10.3. The molecular formula is C22H28N2O5S. The van der Waals surface area contributed by atoms with Crippen molar-refractivity contribution in [3.8, 4) is 11.5 Å². The van der Waals surface area contributed by atoms with Gasteiger partial charge in [0, 0.05) is 24.7 Å². The van der Waals surface area contributed by atoms with E-state index in [9.17, 15) is 13.2 Å². The summed E-state index contributed by atoms with van der Waals surface area (Å²) >= 11 is 0. The van der Waals surface area contributed by atoms with E-state index >= 15 is 0 Å². The third kappa shape index (κ3) is 5.12. The molecule has 0 bridgehead atoms. The van der Waals surface area contributed by atoms with Crippen molar-refractivity contribution < 1.29 is 22.7 Å². The van der Waals surface area contributed by atoms with Gasteiger partial charge in [-0.3, -0.25) is 4.79 Å². The molecule has 1 aliphatic rings. The van der Waals surface area contributed by atoms with Gasteiger partial charge in [0.2, 0.25) is 10.0 Å². The van der Waals surface area contributed by atoms with Gasteiger partial charge in [0.1, 0.15) is 11.5 Å². The number of sulfonamides is 1. The molecule has 1 amide bonds. The molecule has 0 radical (unpaired) electrons. The van der Waals surface area contributed by atoms with E-state index in [0.717, 1.165) is 19.3 Å². The average molecular weight is 433 g/mol. The molecule has 1 saturated heterocycles. The summed E-state index contributed by atoms with van der Waals surface area (Å²) in [6, 6.07) is 11.3. The molecule has 2 aromatic rings. The van der Waals surface area contributed by atoms with E-state index < -0.39 is 15.9 Å². The molecular weight excluding hydrogens is 404 g/mol. The number of anilines is 1. The Labute approximate surface area is 178 Å². The fourth-order valence-electron chi connectivity index (χ4n) is 3.39. The van der Waals surface area contributed by atoms with Crippen LogP contribution in [0, 0.1) is 0 Å². The van der Waals surface area contributed by atoms with Crippen molar-refractivity contribution in [3.05, 3.63) is 48.0 Å². The summed E-state index contributed by atoms with van der Waals surface area (Å²) in [4.78, 5) is 13.0. The normalized spacial score (nSPS) is 14.9. The summed E-state index contributed by atoms with van der Waals surface area (Å²) in [6.07, 6.45) is 2.75. The molecule has 1 fully saturated rings. The molecule has 0 spiro atoms. The number of ether oxygens (including phenoxy) is 2. The van der Waals surface area contributed by atoms with Gasteiger partial charge in [0.05, 0.1) is 23.8 Å². The highest BCUT2D eigenvalue weighted by atomic mass is 32.2. The fraction of sp³-hybridized carbons (Fsp3) is 0.409. The van der Waals surface area contributed by atoms with Crippen molar-refractivity contribution in [1.29, 1.82) is 0 Å². The van der Waals surface area contributed by atoms with Crippen LogP contribution < -0.4 is 14.8 Å². The molecule has 162 valence electrons. The number of carbonyl (C=O) groups is 1. The number of rotatable bonds is 8. The molecule has 0 saturated carbocycles. The van der Waals surface area contributed by atoms with Crippen molar-refractivity contribution in [2.45, 2.75) is 38.0 Å². The molecule has 3 rings (SSSR count). The van der Waals surface area contributed by atoms with Gasteiger partial charge in [-0.1, -0.05) is 12.5 Å². The molecule has 30 heavy (non-hydrogen) atoms. The zero-order valence-electron chi connectivity index (χ0n) is 17.4. The van der Waals surface area contributed by atoms with Crippen molar-refractivity contribution in [3.63, 3.8) is 0 Å². The van der Waals surface area contributed by atoms with Gasteiger partial charge in [0.25, 0.3) is 5.91 Å². The Morgan fingerprint density at radius 1 is 1.00 bits per heavy atom. The maximum absolute atomic E-state index is 12.9. The van der Waals surface area contributed by atoms with E-state index in [4.69, 9.17) is 9.47 Å². The van der Waals surface area contributed by atoms with E-state index in [1.807, 2.05) is 13.8 Å². The second-order valence-corrected chi connectivity index (χ2v) is 8.91. The maximum Gasteiger partial charge on any atom is 0.255 e. The summed E-state index contributed by atoms with van der Waals surface area (Å²) in [5, 5.41) is 2.82. The number of benzene rings is 2. The van der Waals surface area contributed by atoms with Crippen molar-refractivity contribution in [2.24, 2.45) is 0 Å². The van der Waals surface area contributed by atoms with Crippen molar-refractivity contribution in [1.82, 2.24) is 4.31 Å². The number of nitrogens with zero attached hydrogens (tertiary/aromatic N) is 1. The number of carbonyl (C=O) groups excluding carboxylic acids is 1. The minimum atomic E-state index is -3.61. The lowest BCUT2D eigenvalue weighted by atomic mass is 10.2. The third-order valence-corrected chi connectivity index (χ3v) is 6.75. The number of amides is 1. The molecule has 1 N–H and O–H groups in total. The SMILES string of the molecule is CCOc1ccc(OCC)c(NC(=O)c2cccc(S(=O)(=O)N3CCCCC3)c2)c1. The van der Waals surface area contributed by atoms with E-state index in [1.54, 1.807) is 30.3 Å². The zero-order chi connectivity index (χ0) is 21.6. The monoisotopic (exact) mass is 432 g/mol. The van der Waals surface area contributed by atoms with Gasteiger partial charge in [-0.25, -0.2) is 8.42 Å². The predicted molar refractivity (Wildman–Crippen MR) is 116 cm³/mol. The van der Waals surface area contributed by atoms with Crippen LogP contribution in [0.2, 0.25) is 0 Å². The van der Waals surface area contributed by atoms with E-state index in [2.05, 4.69) is 5.32 Å². The Morgan fingerprint density at radius 3 is 2.43 bits per heavy atom. The summed E-state index contributed by atoms with van der Waals surface area (Å²) in [6.45, 7) is 5.71. The smallest absolute Gasteiger partial charge is 0.255 e. The van der Waals surface area contributed by atoms with Gasteiger partial charge in [0.15, 0.2) is 0 Å². The minimum Gasteiger partial charge on any atom is -0.494 e. The molecule has 0 unspecified atom stereocenters. The maximum atomic E-state index is 12.9. The number of hydrogen-bond donors (Lipinski definition) is 1. The van der Waals surface area contributed by atoms with Crippen LogP contribution in [-0.2, 0) is 10.0 Å². The molecule has 2 aromatic carbocycles. The van der Waals surface area contributed by atoms with E-state index in [-0.39, 0.29) is 10.5 Å². The summed E-state index contributed by atoms with van der Waals surface area (Å²) in [7, 11) is -3.61. The second-order valence-electron chi connectivity index (χ2n) is 6.97. The number of piperidine rings is 1. The first-order chi connectivity index (χ1) is 14.5. The number of hydrogen-bond acceptors (Lipinski definition) is 5. The highest BCUT2D eigenvalue weighted by molar-refractivity contribution is 7.89. The third-order valence-electron chi connectivity index (χ3n) is 4.86. The second kappa shape index (κ2) is 9.95. The molecule has 1 aliphatic heterocycles. The van der Waals surface area contributed by atoms with Crippen LogP contribution in [0.1, 0.15) is 43.5 Å². The van der Waals surface area contributed by atoms with Crippen LogP contribution in [0.5, 0.6) is 11.5 Å². The Kier molecular flexibility index (Phi) is 7.33. The predicted octanol–water partition coefficient (Wildman–Crippen LogP) is 3.91. The highest BCUT2D eigenvalue weighted by Gasteiger charge is 2.26. The van der Waals surface area contributed by atoms with Crippen LogP contribution in [0.3, 0.4) is 0 Å². The Morgan fingerprint density at radius 2 is 1.73 bits per heavy atom. The van der Waals surface area contributed by atoms with Crippen LogP contribution in [0.4, 0.5) is 5.69 Å². The topological polar surface area (TPSA) is 84.9 Å². The molecule has 8 heteroatoms. The summed E-state index contributed by atoms with van der Waals surface area (Å²) in [5.41, 5.74) is 0.731. The van der Waals surface area contributed by atoms with E-state index in [0.29, 0.717) is 43.5 Å². The highest BCUT2D eigenvalue weighted by Crippen LogP contribution is 2.30. The summed E-state index contributed by atoms with van der Waals surface area (Å²) < 4.78 is 38.5. The van der Waals surface area contributed by atoms with E-state index in [1.165, 1.54) is 16.4 Å². The fourth-order valence-corrected chi connectivity index (χ4v) is 4.95. The van der Waals surface area contributed by atoms with Crippen LogP contribution in [-0.4, -0.2) is 44.9 Å². The first kappa shape index (κ1) is 22.1. The molecule has 7 nitrogen and oxygen atoms in total. The lowest BCUT2D eigenvalue weighted by Gasteiger charge is -2.26. The van der Waals surface area contributed by atoms with Crippen molar-refractivity contribution >= 4 is 21.6 Å². The standard InChI is InChI=1S/C22H28N2O5S/c1-3-28-18-11-12-21(29-4-2)20(16-18)23-22(25)17-9-8-10-19(15-17)30(26,27)24-13-6-5-7-14-24/h8-12,15-16H,3-7,13-14H2,1-2H3,(H,23,25). The Bertz CT molecular complexity index is 985. The lowest BCUT2D eigenvalue weighted by Crippen LogP contribution is -2.35. The largest absolute Gasteiger partial charge is 0.494 e. The van der Waals surface area contributed by atoms with Crippen LogP contribution in [0.15, 0.2) is 47.4 Å². The average Bonchev–Trinajstić information content (AvgIpc) is 2.76. The van der Waals surface area contributed by atoms with Crippen LogP contribution >= 0.6 is 0 Å². The lowest BCUT2D eigenvalue weighted by molar-refractivity contribution is 0.102. The molecule has 0 aromatic heterocycles. The molecule has 0 aliphatic carbocycles. The Balaban J connectivity index is 1.84. The molecule has 1 heterocycles. The van der Waals surface area contributed by atoms with Gasteiger partial charge in [-0.15, -0.1) is 0 Å².